The van der Waals surface area contributed by atoms with Crippen molar-refractivity contribution in [2.75, 3.05) is 11.6 Å². The van der Waals surface area contributed by atoms with E-state index in [-0.39, 0.29) is 29.1 Å². The number of aromatic nitrogens is 2. The molecular weight excluding hydrogens is 378 g/mol. The van der Waals surface area contributed by atoms with Gasteiger partial charge in [0.1, 0.15) is 0 Å². The first-order valence-corrected chi connectivity index (χ1v) is 9.76. The van der Waals surface area contributed by atoms with Crippen LogP contribution in [0.2, 0.25) is 5.02 Å². The summed E-state index contributed by atoms with van der Waals surface area (Å²) in [5.41, 5.74) is 1.30. The zero-order valence-electron chi connectivity index (χ0n) is 13.6. The van der Waals surface area contributed by atoms with Crippen molar-refractivity contribution in [2.24, 2.45) is 0 Å². The van der Waals surface area contributed by atoms with Crippen molar-refractivity contribution in [3.63, 3.8) is 0 Å². The summed E-state index contributed by atoms with van der Waals surface area (Å²) >= 11 is 5.92. The molecule has 7 nitrogen and oxygen atoms in total. The molecule has 1 amide bonds. The fourth-order valence-electron chi connectivity index (χ4n) is 2.22. The number of hydrogen-bond donors (Lipinski definition) is 1. The van der Waals surface area contributed by atoms with Crippen LogP contribution < -0.4 is 5.32 Å². The Kier molecular flexibility index (Phi) is 5.06. The molecule has 0 atom stereocenters. The molecular formula is C17H14ClN3O4S. The van der Waals surface area contributed by atoms with Gasteiger partial charge in [-0.1, -0.05) is 34.9 Å². The number of benzene rings is 2. The lowest BCUT2D eigenvalue weighted by atomic mass is 10.1. The summed E-state index contributed by atoms with van der Waals surface area (Å²) in [6, 6.07) is 13.0. The Balaban J connectivity index is 1.65. The molecule has 0 saturated carbocycles. The van der Waals surface area contributed by atoms with E-state index >= 15 is 0 Å². The minimum absolute atomic E-state index is 0.0299. The molecule has 0 unspecified atom stereocenters. The number of rotatable bonds is 5. The first-order valence-electron chi connectivity index (χ1n) is 7.49. The van der Waals surface area contributed by atoms with Gasteiger partial charge in [-0.15, -0.1) is 5.10 Å². The molecule has 0 bridgehead atoms. The highest BCUT2D eigenvalue weighted by Gasteiger charge is 2.13. The lowest BCUT2D eigenvalue weighted by Crippen LogP contribution is -2.14. The van der Waals surface area contributed by atoms with E-state index in [1.807, 2.05) is 0 Å². The number of carbonyl (C=O) groups is 1. The van der Waals surface area contributed by atoms with Crippen molar-refractivity contribution in [2.45, 2.75) is 11.3 Å². The summed E-state index contributed by atoms with van der Waals surface area (Å²) in [4.78, 5) is 12.3. The fourth-order valence-corrected chi connectivity index (χ4v) is 3.04. The van der Waals surface area contributed by atoms with Crippen molar-refractivity contribution in [1.82, 2.24) is 10.2 Å². The normalized spacial score (nSPS) is 11.3. The maximum absolute atomic E-state index is 12.1. The van der Waals surface area contributed by atoms with E-state index in [0.717, 1.165) is 6.26 Å². The summed E-state index contributed by atoms with van der Waals surface area (Å²) in [5, 5.41) is 10.7. The Labute approximate surface area is 154 Å². The van der Waals surface area contributed by atoms with Crippen molar-refractivity contribution in [3.8, 4) is 11.5 Å². The van der Waals surface area contributed by atoms with E-state index in [2.05, 4.69) is 15.5 Å². The second-order valence-corrected chi connectivity index (χ2v) is 8.02. The predicted molar refractivity (Wildman–Crippen MR) is 96.6 cm³/mol. The van der Waals surface area contributed by atoms with Crippen molar-refractivity contribution in [1.29, 1.82) is 0 Å². The highest BCUT2D eigenvalue weighted by atomic mass is 35.5. The summed E-state index contributed by atoms with van der Waals surface area (Å²) in [7, 11) is -3.27. The Morgan fingerprint density at radius 2 is 1.88 bits per heavy atom. The molecule has 3 aromatic rings. The lowest BCUT2D eigenvalue weighted by Gasteiger charge is -2.03. The van der Waals surface area contributed by atoms with E-state index < -0.39 is 9.84 Å². The number of nitrogens with one attached hydrogen (secondary N) is 1. The molecule has 0 spiro atoms. The molecule has 0 fully saturated rings. The monoisotopic (exact) mass is 391 g/mol. The quantitative estimate of drug-likeness (QED) is 0.717. The molecule has 2 aromatic carbocycles. The number of sulfone groups is 1. The van der Waals surface area contributed by atoms with Crippen LogP contribution in [0, 0.1) is 0 Å². The molecule has 9 heteroatoms. The SMILES string of the molecule is CS(=O)(=O)c1ccc(CC(=O)Nc2nnc(-c3cccc(Cl)c3)o2)cc1. The molecule has 0 saturated heterocycles. The summed E-state index contributed by atoms with van der Waals surface area (Å²) in [6.07, 6.45) is 1.17. The number of carbonyl (C=O) groups excluding carboxylic acids is 1. The van der Waals surface area contributed by atoms with Gasteiger partial charge < -0.3 is 4.42 Å². The molecule has 134 valence electrons. The van der Waals surface area contributed by atoms with Crippen LogP contribution in [-0.2, 0) is 21.1 Å². The highest BCUT2D eigenvalue weighted by Crippen LogP contribution is 2.22. The van der Waals surface area contributed by atoms with Crippen LogP contribution in [-0.4, -0.2) is 30.8 Å². The fraction of sp³-hybridized carbons (Fsp3) is 0.118. The summed E-state index contributed by atoms with van der Waals surface area (Å²) < 4.78 is 28.3. The van der Waals surface area contributed by atoms with Crippen LogP contribution in [0.3, 0.4) is 0 Å². The smallest absolute Gasteiger partial charge is 0.322 e. The summed E-state index contributed by atoms with van der Waals surface area (Å²) in [5.74, 6) is -0.126. The maximum atomic E-state index is 12.1. The summed E-state index contributed by atoms with van der Waals surface area (Å²) in [6.45, 7) is 0. The molecule has 1 heterocycles. The van der Waals surface area contributed by atoms with Crippen molar-refractivity contribution in [3.05, 3.63) is 59.1 Å². The van der Waals surface area contributed by atoms with Gasteiger partial charge in [-0.25, -0.2) is 8.42 Å². The Hall–Kier alpha value is -2.71. The van der Waals surface area contributed by atoms with Gasteiger partial charge in [0, 0.05) is 16.8 Å². The van der Waals surface area contributed by atoms with Crippen LogP contribution in [0.15, 0.2) is 57.8 Å². The zero-order chi connectivity index (χ0) is 18.7. The van der Waals surface area contributed by atoms with E-state index in [0.29, 0.717) is 16.1 Å². The minimum atomic E-state index is -3.27. The third kappa shape index (κ3) is 4.47. The minimum Gasteiger partial charge on any atom is -0.403 e. The average Bonchev–Trinajstić information content (AvgIpc) is 3.03. The number of nitrogens with zero attached hydrogens (tertiary/aromatic N) is 2. The number of amides is 1. The van der Waals surface area contributed by atoms with E-state index in [4.69, 9.17) is 16.0 Å². The highest BCUT2D eigenvalue weighted by molar-refractivity contribution is 7.90. The Morgan fingerprint density at radius 1 is 1.15 bits per heavy atom. The number of hydrogen-bond acceptors (Lipinski definition) is 6. The average molecular weight is 392 g/mol. The van der Waals surface area contributed by atoms with Gasteiger partial charge >= 0.3 is 6.01 Å². The lowest BCUT2D eigenvalue weighted by molar-refractivity contribution is -0.115. The first kappa shape index (κ1) is 18.1. The molecule has 1 N–H and O–H groups in total. The second kappa shape index (κ2) is 7.27. The third-order valence-electron chi connectivity index (χ3n) is 3.46. The largest absolute Gasteiger partial charge is 0.403 e. The van der Waals surface area contributed by atoms with E-state index in [9.17, 15) is 13.2 Å². The van der Waals surface area contributed by atoms with E-state index in [1.165, 1.54) is 12.1 Å². The van der Waals surface area contributed by atoms with E-state index in [1.54, 1.807) is 36.4 Å². The third-order valence-corrected chi connectivity index (χ3v) is 4.82. The van der Waals surface area contributed by atoms with Crippen LogP contribution in [0.5, 0.6) is 0 Å². The van der Waals surface area contributed by atoms with Gasteiger partial charge in [-0.2, -0.15) is 0 Å². The Bertz CT molecular complexity index is 1050. The van der Waals surface area contributed by atoms with Gasteiger partial charge in [0.2, 0.25) is 11.8 Å². The van der Waals surface area contributed by atoms with Gasteiger partial charge in [0.05, 0.1) is 11.3 Å². The van der Waals surface area contributed by atoms with Crippen molar-refractivity contribution < 1.29 is 17.6 Å². The van der Waals surface area contributed by atoms with Crippen LogP contribution >= 0.6 is 11.6 Å². The van der Waals surface area contributed by atoms with Gasteiger partial charge in [0.25, 0.3) is 0 Å². The van der Waals surface area contributed by atoms with Gasteiger partial charge in [-0.05, 0) is 35.9 Å². The molecule has 0 aliphatic heterocycles. The zero-order valence-corrected chi connectivity index (χ0v) is 15.2. The predicted octanol–water partition coefficient (Wildman–Crippen LogP) is 2.97. The van der Waals surface area contributed by atoms with Crippen LogP contribution in [0.4, 0.5) is 6.01 Å². The van der Waals surface area contributed by atoms with Gasteiger partial charge in [0.15, 0.2) is 9.84 Å². The second-order valence-electron chi connectivity index (χ2n) is 5.56. The standard InChI is InChI=1S/C17H14ClN3O4S/c1-26(23,24)14-7-5-11(6-8-14)9-15(22)19-17-21-20-16(25-17)12-3-2-4-13(18)10-12/h2-8,10H,9H2,1H3,(H,19,21,22). The number of halogens is 1. The maximum Gasteiger partial charge on any atom is 0.322 e. The van der Waals surface area contributed by atoms with Crippen LogP contribution in [0.25, 0.3) is 11.5 Å². The molecule has 0 radical (unpaired) electrons. The molecule has 0 aliphatic carbocycles. The van der Waals surface area contributed by atoms with Gasteiger partial charge in [-0.3, -0.25) is 10.1 Å². The number of anilines is 1. The topological polar surface area (TPSA) is 102 Å². The first-order chi connectivity index (χ1) is 12.3. The van der Waals surface area contributed by atoms with Crippen LogP contribution in [0.1, 0.15) is 5.56 Å². The molecule has 1 aromatic heterocycles. The molecule has 0 aliphatic rings. The Morgan fingerprint density at radius 3 is 2.54 bits per heavy atom. The van der Waals surface area contributed by atoms with Crippen molar-refractivity contribution >= 4 is 33.4 Å². The molecule has 26 heavy (non-hydrogen) atoms. The molecule has 3 rings (SSSR count).